The molecule has 0 saturated carbocycles. The van der Waals surface area contributed by atoms with Gasteiger partial charge in [-0.25, -0.2) is 0 Å². The van der Waals surface area contributed by atoms with Gasteiger partial charge in [-0.1, -0.05) is 18.2 Å². The minimum Gasteiger partial charge on any atom is -0.493 e. The van der Waals surface area contributed by atoms with E-state index in [1.165, 1.54) is 5.56 Å². The topological polar surface area (TPSA) is 77.0 Å². The van der Waals surface area contributed by atoms with Gasteiger partial charge >= 0.3 is 0 Å². The van der Waals surface area contributed by atoms with Gasteiger partial charge in [-0.3, -0.25) is 9.89 Å². The Morgan fingerprint density at radius 1 is 0.875 bits per heavy atom. The van der Waals surface area contributed by atoms with Crippen molar-refractivity contribution in [1.29, 1.82) is 0 Å². The predicted molar refractivity (Wildman–Crippen MR) is 189 cm³/mol. The Labute approximate surface area is 286 Å². The summed E-state index contributed by atoms with van der Waals surface area (Å²) in [6.07, 6.45) is 2.86. The first-order valence-electron chi connectivity index (χ1n) is 16.2. The lowest BCUT2D eigenvalue weighted by Gasteiger charge is -2.45. The summed E-state index contributed by atoms with van der Waals surface area (Å²) in [5.41, 5.74) is 5.73. The van der Waals surface area contributed by atoms with Crippen LogP contribution < -0.4 is 29.0 Å². The standard InChI is InChI=1S/C38H38N4O5S/c1-39-37(48)42-15-13-24-18-31-32-20-27(24)28(42)16-23-8-11-29(43-4)30(17-23)45-26-9-6-22(7-10-26)21-38(40-2)34-25(12-14-41(38)3)19-33(44-5)35(46-31)36(34)47-32/h6-11,17-20,28H,2,12-16,21H2,1,3-5H3,(H,39,48)/t28-,38-/m0/s1. The molecule has 9 nitrogen and oxygen atoms in total. The fourth-order valence-corrected chi connectivity index (χ4v) is 7.94. The highest BCUT2D eigenvalue weighted by Crippen LogP contribution is 2.58. The number of aliphatic imine (C=N–C) groups is 1. The summed E-state index contributed by atoms with van der Waals surface area (Å²) in [6, 6.07) is 20.5. The van der Waals surface area contributed by atoms with Crippen LogP contribution in [0.15, 0.2) is 65.7 Å². The molecule has 7 bridgehead atoms. The van der Waals surface area contributed by atoms with Crippen molar-refractivity contribution in [2.75, 3.05) is 41.4 Å². The fraction of sp³-hybridized carbons (Fsp3) is 0.316. The van der Waals surface area contributed by atoms with Crippen LogP contribution in [0.3, 0.4) is 0 Å². The van der Waals surface area contributed by atoms with E-state index in [1.807, 2.05) is 25.2 Å². The Hall–Kier alpha value is -4.80. The van der Waals surface area contributed by atoms with Crippen molar-refractivity contribution in [2.45, 2.75) is 37.4 Å². The molecule has 2 atom stereocenters. The monoisotopic (exact) mass is 662 g/mol. The molecule has 5 aliphatic heterocycles. The predicted octanol–water partition coefficient (Wildman–Crippen LogP) is 6.94. The van der Waals surface area contributed by atoms with Gasteiger partial charge < -0.3 is 33.9 Å². The van der Waals surface area contributed by atoms with Gasteiger partial charge in [0.2, 0.25) is 5.75 Å². The Bertz CT molecular complexity index is 1960. The van der Waals surface area contributed by atoms with Crippen LogP contribution in [-0.2, 0) is 31.3 Å². The molecule has 0 unspecified atom stereocenters. The largest absolute Gasteiger partial charge is 0.493 e. The molecule has 0 aromatic heterocycles. The molecular formula is C38H38N4O5S. The lowest BCUT2D eigenvalue weighted by atomic mass is 9.82. The molecule has 10 heteroatoms. The number of methoxy groups -OCH3 is 2. The van der Waals surface area contributed by atoms with Gasteiger partial charge in [0, 0.05) is 32.1 Å². The zero-order valence-corrected chi connectivity index (χ0v) is 28.4. The molecule has 4 aromatic carbocycles. The summed E-state index contributed by atoms with van der Waals surface area (Å²) in [4.78, 5) is 9.40. The molecule has 1 N–H and O–H groups in total. The highest BCUT2D eigenvalue weighted by molar-refractivity contribution is 7.80. The molecule has 9 rings (SSSR count). The highest BCUT2D eigenvalue weighted by atomic mass is 32.1. The van der Waals surface area contributed by atoms with Crippen LogP contribution in [0.2, 0.25) is 0 Å². The number of hydrogen-bond acceptors (Lipinski definition) is 8. The average molecular weight is 663 g/mol. The van der Waals surface area contributed by atoms with E-state index in [0.717, 1.165) is 53.7 Å². The van der Waals surface area contributed by atoms with Crippen molar-refractivity contribution in [3.63, 3.8) is 0 Å². The van der Waals surface area contributed by atoms with Crippen LogP contribution in [0.4, 0.5) is 0 Å². The molecule has 0 spiro atoms. The quantitative estimate of drug-likeness (QED) is 0.163. The second-order valence-corrected chi connectivity index (χ2v) is 13.1. The van der Waals surface area contributed by atoms with Crippen molar-refractivity contribution in [3.8, 4) is 46.0 Å². The van der Waals surface area contributed by atoms with Gasteiger partial charge in [-0.15, -0.1) is 0 Å². The first-order valence-corrected chi connectivity index (χ1v) is 16.6. The molecule has 0 amide bonds. The SMILES string of the molecule is C=N[C@]12Cc3ccc(cc3)Oc3cc(ccc3OC)C[C@H]3c4cc5c(cc4CCN3C(=S)NC)Oc3c(OC)cc(c1c3O5)CCN2C. The smallest absolute Gasteiger partial charge is 0.212 e. The van der Waals surface area contributed by atoms with E-state index < -0.39 is 5.66 Å². The van der Waals surface area contributed by atoms with Gasteiger partial charge in [0.05, 0.1) is 20.3 Å². The van der Waals surface area contributed by atoms with Crippen molar-refractivity contribution >= 4 is 24.0 Å². The summed E-state index contributed by atoms with van der Waals surface area (Å²) in [6.45, 7) is 5.71. The normalized spacial score (nSPS) is 20.4. The third-order valence-corrected chi connectivity index (χ3v) is 10.7. The zero-order valence-electron chi connectivity index (χ0n) is 27.6. The van der Waals surface area contributed by atoms with Crippen LogP contribution >= 0.6 is 12.2 Å². The van der Waals surface area contributed by atoms with Gasteiger partial charge in [0.25, 0.3) is 0 Å². The number of fused-ring (bicyclic) bond motifs is 2. The maximum absolute atomic E-state index is 6.98. The molecule has 246 valence electrons. The maximum atomic E-state index is 6.98. The van der Waals surface area contributed by atoms with E-state index in [0.29, 0.717) is 64.0 Å². The molecule has 0 saturated heterocycles. The Balaban J connectivity index is 1.37. The average Bonchev–Trinajstić information content (AvgIpc) is 3.11. The van der Waals surface area contributed by atoms with E-state index in [1.54, 1.807) is 14.2 Å². The Kier molecular flexibility index (Phi) is 7.45. The van der Waals surface area contributed by atoms with Crippen LogP contribution in [0.25, 0.3) is 0 Å². The summed E-state index contributed by atoms with van der Waals surface area (Å²) in [7, 11) is 7.30. The third kappa shape index (κ3) is 4.77. The number of nitrogens with one attached hydrogen (secondary N) is 1. The molecule has 5 aliphatic rings. The van der Waals surface area contributed by atoms with Crippen LogP contribution in [0, 0.1) is 0 Å². The second kappa shape index (κ2) is 11.7. The van der Waals surface area contributed by atoms with E-state index in [9.17, 15) is 0 Å². The molecule has 0 radical (unpaired) electrons. The number of ether oxygens (including phenoxy) is 5. The summed E-state index contributed by atoms with van der Waals surface area (Å²) in [5.74, 6) is 5.15. The van der Waals surface area contributed by atoms with Crippen molar-refractivity contribution < 1.29 is 23.7 Å². The Morgan fingerprint density at radius 3 is 2.35 bits per heavy atom. The van der Waals surface area contributed by atoms with E-state index >= 15 is 0 Å². The number of nitrogens with zero attached hydrogens (tertiary/aromatic N) is 3. The number of likely N-dealkylation sites (N-methyl/N-ethyl adjacent to an activating group) is 1. The summed E-state index contributed by atoms with van der Waals surface area (Å²) < 4.78 is 31.8. The lowest BCUT2D eigenvalue weighted by Crippen LogP contribution is -2.49. The highest BCUT2D eigenvalue weighted by Gasteiger charge is 2.46. The molecular weight excluding hydrogens is 625 g/mol. The zero-order chi connectivity index (χ0) is 33.2. The van der Waals surface area contributed by atoms with Gasteiger partial charge in [0.1, 0.15) is 11.4 Å². The second-order valence-electron chi connectivity index (χ2n) is 12.7. The maximum Gasteiger partial charge on any atom is 0.212 e. The first kappa shape index (κ1) is 30.5. The van der Waals surface area contributed by atoms with Crippen LogP contribution in [0.1, 0.15) is 39.4 Å². The summed E-state index contributed by atoms with van der Waals surface area (Å²) in [5, 5.41) is 3.91. The van der Waals surface area contributed by atoms with Crippen molar-refractivity contribution in [2.24, 2.45) is 4.99 Å². The Morgan fingerprint density at radius 2 is 1.60 bits per heavy atom. The van der Waals surface area contributed by atoms with Gasteiger partial charge in [0.15, 0.2) is 39.6 Å². The number of benzene rings is 4. The molecule has 5 heterocycles. The van der Waals surface area contributed by atoms with Gasteiger partial charge in [-0.2, -0.15) is 0 Å². The number of hydrogen-bond donors (Lipinski definition) is 1. The lowest BCUT2D eigenvalue weighted by molar-refractivity contribution is 0.109. The van der Waals surface area contributed by atoms with Crippen LogP contribution in [-0.4, -0.2) is 63.0 Å². The van der Waals surface area contributed by atoms with E-state index in [4.69, 9.17) is 40.9 Å². The van der Waals surface area contributed by atoms with Crippen molar-refractivity contribution in [1.82, 2.24) is 15.1 Å². The molecule has 48 heavy (non-hydrogen) atoms. The van der Waals surface area contributed by atoms with E-state index in [-0.39, 0.29) is 6.04 Å². The fourth-order valence-electron chi connectivity index (χ4n) is 7.73. The summed E-state index contributed by atoms with van der Waals surface area (Å²) >= 11 is 5.85. The van der Waals surface area contributed by atoms with Crippen molar-refractivity contribution in [3.05, 3.63) is 94.0 Å². The van der Waals surface area contributed by atoms with Gasteiger partial charge in [-0.05, 0) is 116 Å². The van der Waals surface area contributed by atoms with E-state index in [2.05, 4.69) is 71.3 Å². The minimum absolute atomic E-state index is 0.0669. The third-order valence-electron chi connectivity index (χ3n) is 10.2. The molecule has 4 aromatic rings. The first-order chi connectivity index (χ1) is 23.3. The minimum atomic E-state index is -0.817. The molecule has 0 fully saturated rings. The molecule has 0 aliphatic carbocycles. The number of thiocarbonyl (C=S) groups is 1. The van der Waals surface area contributed by atoms with Crippen LogP contribution in [0.5, 0.6) is 46.0 Å². The number of rotatable bonds is 3.